The monoisotopic (exact) mass is 388 g/mol. The normalized spacial score (nSPS) is 15.3. The van der Waals surface area contributed by atoms with Crippen LogP contribution in [-0.2, 0) is 11.3 Å². The fourth-order valence-corrected chi connectivity index (χ4v) is 3.53. The maximum atomic E-state index is 12.1. The number of anilines is 1. The number of carbonyl (C=O) groups is 1. The van der Waals surface area contributed by atoms with Crippen LogP contribution in [0, 0.1) is 0 Å². The van der Waals surface area contributed by atoms with Gasteiger partial charge in [-0.05, 0) is 67.4 Å². The van der Waals surface area contributed by atoms with Crippen molar-refractivity contribution in [3.05, 3.63) is 69.7 Å². The molecule has 0 unspecified atom stereocenters. The van der Waals surface area contributed by atoms with Crippen LogP contribution in [0.25, 0.3) is 6.08 Å². The zero-order valence-electron chi connectivity index (χ0n) is 14.6. The minimum absolute atomic E-state index is 0.195. The van der Waals surface area contributed by atoms with Gasteiger partial charge < -0.3 is 5.32 Å². The summed E-state index contributed by atoms with van der Waals surface area (Å²) in [5.41, 5.74) is 2.81. The van der Waals surface area contributed by atoms with Crippen molar-refractivity contribution in [3.63, 3.8) is 0 Å². The van der Waals surface area contributed by atoms with Crippen LogP contribution in [0.3, 0.4) is 0 Å². The Labute approximate surface area is 164 Å². The van der Waals surface area contributed by atoms with Crippen molar-refractivity contribution in [2.45, 2.75) is 25.8 Å². The van der Waals surface area contributed by atoms with Gasteiger partial charge in [0.15, 0.2) is 0 Å². The van der Waals surface area contributed by atoms with Crippen molar-refractivity contribution < 1.29 is 4.79 Å². The van der Waals surface area contributed by atoms with Crippen molar-refractivity contribution in [1.29, 1.82) is 0 Å². The molecule has 0 aromatic heterocycles. The van der Waals surface area contributed by atoms with E-state index in [2.05, 4.69) is 22.3 Å². The Morgan fingerprint density at radius 2 is 1.77 bits per heavy atom. The van der Waals surface area contributed by atoms with E-state index in [0.29, 0.717) is 10.0 Å². The molecule has 5 heteroatoms. The Hall–Kier alpha value is -1.81. The molecule has 2 aromatic rings. The Morgan fingerprint density at radius 1 is 1.04 bits per heavy atom. The molecule has 136 valence electrons. The molecule has 26 heavy (non-hydrogen) atoms. The van der Waals surface area contributed by atoms with Crippen LogP contribution in [0.5, 0.6) is 0 Å². The molecule has 1 aliphatic rings. The molecule has 1 saturated heterocycles. The highest BCUT2D eigenvalue weighted by atomic mass is 35.5. The van der Waals surface area contributed by atoms with Gasteiger partial charge in [-0.2, -0.15) is 0 Å². The molecule has 1 amide bonds. The molecule has 0 atom stereocenters. The smallest absolute Gasteiger partial charge is 0.248 e. The third-order valence-corrected chi connectivity index (χ3v) is 5.02. The van der Waals surface area contributed by atoms with Gasteiger partial charge in [0, 0.05) is 28.4 Å². The number of halogens is 2. The molecular weight excluding hydrogens is 367 g/mol. The van der Waals surface area contributed by atoms with Crippen LogP contribution in [0.4, 0.5) is 5.69 Å². The number of nitrogens with zero attached hydrogens (tertiary/aromatic N) is 1. The van der Waals surface area contributed by atoms with E-state index in [4.69, 9.17) is 23.2 Å². The SMILES string of the molecule is O=C(/C=C/c1ccc(Cl)cc1Cl)Nc1ccc(CN2CCCCC2)cc1. The number of rotatable bonds is 5. The molecule has 1 N–H and O–H groups in total. The Bertz CT molecular complexity index is 781. The van der Waals surface area contributed by atoms with Gasteiger partial charge in [0.2, 0.25) is 5.91 Å². The molecule has 3 rings (SSSR count). The first-order chi connectivity index (χ1) is 12.6. The molecule has 0 radical (unpaired) electrons. The largest absolute Gasteiger partial charge is 0.323 e. The van der Waals surface area contributed by atoms with Crippen molar-refractivity contribution in [1.82, 2.24) is 4.90 Å². The fourth-order valence-electron chi connectivity index (χ4n) is 3.06. The summed E-state index contributed by atoms with van der Waals surface area (Å²) in [6.07, 6.45) is 7.07. The topological polar surface area (TPSA) is 32.3 Å². The summed E-state index contributed by atoms with van der Waals surface area (Å²) >= 11 is 12.0. The van der Waals surface area contributed by atoms with Crippen LogP contribution in [-0.4, -0.2) is 23.9 Å². The van der Waals surface area contributed by atoms with Gasteiger partial charge in [-0.25, -0.2) is 0 Å². The second-order valence-electron chi connectivity index (χ2n) is 6.52. The predicted octanol–water partition coefficient (Wildman–Crippen LogP) is 5.63. The van der Waals surface area contributed by atoms with E-state index < -0.39 is 0 Å². The van der Waals surface area contributed by atoms with E-state index in [-0.39, 0.29) is 5.91 Å². The Balaban J connectivity index is 1.54. The lowest BCUT2D eigenvalue weighted by atomic mass is 10.1. The second kappa shape index (κ2) is 9.22. The van der Waals surface area contributed by atoms with E-state index in [0.717, 1.165) is 17.8 Å². The van der Waals surface area contributed by atoms with Crippen LogP contribution in [0.1, 0.15) is 30.4 Å². The Kier molecular flexibility index (Phi) is 6.73. The van der Waals surface area contributed by atoms with E-state index in [9.17, 15) is 4.79 Å². The van der Waals surface area contributed by atoms with Gasteiger partial charge in [0.25, 0.3) is 0 Å². The zero-order chi connectivity index (χ0) is 18.4. The first-order valence-electron chi connectivity index (χ1n) is 8.85. The number of likely N-dealkylation sites (tertiary alicyclic amines) is 1. The summed E-state index contributed by atoms with van der Waals surface area (Å²) in [5, 5.41) is 3.95. The number of hydrogen-bond donors (Lipinski definition) is 1. The summed E-state index contributed by atoms with van der Waals surface area (Å²) < 4.78 is 0. The molecule has 1 aliphatic heterocycles. The van der Waals surface area contributed by atoms with Gasteiger partial charge in [-0.1, -0.05) is 47.8 Å². The third kappa shape index (κ3) is 5.60. The molecule has 0 bridgehead atoms. The van der Waals surface area contributed by atoms with E-state index in [1.54, 1.807) is 24.3 Å². The summed E-state index contributed by atoms with van der Waals surface area (Å²) in [5.74, 6) is -0.195. The number of amides is 1. The average molecular weight is 389 g/mol. The van der Waals surface area contributed by atoms with Gasteiger partial charge in [-0.3, -0.25) is 9.69 Å². The number of benzene rings is 2. The summed E-state index contributed by atoms with van der Waals surface area (Å²) in [6, 6.07) is 13.2. The highest BCUT2D eigenvalue weighted by Gasteiger charge is 2.10. The van der Waals surface area contributed by atoms with E-state index >= 15 is 0 Å². The van der Waals surface area contributed by atoms with Crippen molar-refractivity contribution in [2.75, 3.05) is 18.4 Å². The second-order valence-corrected chi connectivity index (χ2v) is 7.37. The molecule has 2 aromatic carbocycles. The molecule has 0 spiro atoms. The molecule has 1 heterocycles. The van der Waals surface area contributed by atoms with Gasteiger partial charge in [-0.15, -0.1) is 0 Å². The van der Waals surface area contributed by atoms with Gasteiger partial charge >= 0.3 is 0 Å². The highest BCUT2D eigenvalue weighted by Crippen LogP contribution is 2.22. The molecular formula is C21H22Cl2N2O. The lowest BCUT2D eigenvalue weighted by Crippen LogP contribution is -2.29. The summed E-state index contributed by atoms with van der Waals surface area (Å²) in [6.45, 7) is 3.33. The van der Waals surface area contributed by atoms with Gasteiger partial charge in [0.05, 0.1) is 0 Å². The number of carbonyl (C=O) groups excluding carboxylic acids is 1. The molecule has 1 fully saturated rings. The first kappa shape index (κ1) is 19.0. The van der Waals surface area contributed by atoms with Crippen molar-refractivity contribution in [2.24, 2.45) is 0 Å². The van der Waals surface area contributed by atoms with Crippen molar-refractivity contribution >= 4 is 40.9 Å². The lowest BCUT2D eigenvalue weighted by molar-refractivity contribution is -0.111. The molecule has 0 aliphatic carbocycles. The predicted molar refractivity (Wildman–Crippen MR) is 110 cm³/mol. The first-order valence-corrected chi connectivity index (χ1v) is 9.61. The van der Waals surface area contributed by atoms with Crippen LogP contribution >= 0.6 is 23.2 Å². The minimum Gasteiger partial charge on any atom is -0.323 e. The van der Waals surface area contributed by atoms with Gasteiger partial charge in [0.1, 0.15) is 0 Å². The third-order valence-electron chi connectivity index (χ3n) is 4.45. The average Bonchev–Trinajstić information content (AvgIpc) is 2.63. The molecule has 3 nitrogen and oxygen atoms in total. The van der Waals surface area contributed by atoms with E-state index in [1.165, 1.54) is 44.0 Å². The van der Waals surface area contributed by atoms with Crippen LogP contribution < -0.4 is 5.32 Å². The Morgan fingerprint density at radius 3 is 2.46 bits per heavy atom. The fraction of sp³-hybridized carbons (Fsp3) is 0.286. The quantitative estimate of drug-likeness (QED) is 0.672. The van der Waals surface area contributed by atoms with Crippen LogP contribution in [0.15, 0.2) is 48.5 Å². The zero-order valence-corrected chi connectivity index (χ0v) is 16.1. The summed E-state index contributed by atoms with van der Waals surface area (Å²) in [4.78, 5) is 14.6. The van der Waals surface area contributed by atoms with E-state index in [1.807, 2.05) is 12.1 Å². The minimum atomic E-state index is -0.195. The number of nitrogens with one attached hydrogen (secondary N) is 1. The highest BCUT2D eigenvalue weighted by molar-refractivity contribution is 6.35. The maximum Gasteiger partial charge on any atom is 0.248 e. The lowest BCUT2D eigenvalue weighted by Gasteiger charge is -2.26. The van der Waals surface area contributed by atoms with Crippen LogP contribution in [0.2, 0.25) is 10.0 Å². The number of hydrogen-bond acceptors (Lipinski definition) is 2. The number of piperidine rings is 1. The molecule has 0 saturated carbocycles. The maximum absolute atomic E-state index is 12.1. The van der Waals surface area contributed by atoms with Crippen molar-refractivity contribution in [3.8, 4) is 0 Å². The standard InChI is InChI=1S/C21H22Cl2N2O/c22-18-8-6-17(20(23)14-18)7-11-21(26)24-19-9-4-16(5-10-19)15-25-12-2-1-3-13-25/h4-11,14H,1-3,12-13,15H2,(H,24,26)/b11-7+. The summed E-state index contributed by atoms with van der Waals surface area (Å²) in [7, 11) is 0.